The monoisotopic (exact) mass is 287 g/mol. The van der Waals surface area contributed by atoms with Gasteiger partial charge in [0, 0.05) is 21.7 Å². The third kappa shape index (κ3) is 3.06. The number of carbonyl (C=O) groups excluding carboxylic acids is 1. The first kappa shape index (κ1) is 14.3. The van der Waals surface area contributed by atoms with Crippen LogP contribution in [0, 0.1) is 0 Å². The molecule has 0 saturated carbocycles. The molecule has 2 aromatic rings. The maximum Gasteiger partial charge on any atom is 0.193 e. The van der Waals surface area contributed by atoms with E-state index < -0.39 is 0 Å². The molecule has 0 bridgehead atoms. The lowest BCUT2D eigenvalue weighted by molar-refractivity contribution is 0.103. The predicted octanol–water partition coefficient (Wildman–Crippen LogP) is 3.94. The van der Waals surface area contributed by atoms with E-state index in [1.807, 2.05) is 18.2 Å². The summed E-state index contributed by atoms with van der Waals surface area (Å²) in [6, 6.07) is 14.1. The average Bonchev–Trinajstić information content (AvgIpc) is 2.47. The molecule has 0 aliphatic rings. The molecule has 0 aliphatic carbocycles. The van der Waals surface area contributed by atoms with Crippen LogP contribution in [-0.4, -0.2) is 18.6 Å². The van der Waals surface area contributed by atoms with Gasteiger partial charge in [0.15, 0.2) is 5.78 Å². The number of halogens is 1. The molecule has 3 nitrogen and oxygen atoms in total. The molecule has 0 aliphatic heterocycles. The first-order valence-corrected chi connectivity index (χ1v) is 6.48. The highest BCUT2D eigenvalue weighted by molar-refractivity contribution is 6.30. The van der Waals surface area contributed by atoms with Gasteiger partial charge < -0.3 is 4.84 Å². The van der Waals surface area contributed by atoms with Gasteiger partial charge in [-0.1, -0.05) is 41.0 Å². The summed E-state index contributed by atoms with van der Waals surface area (Å²) >= 11 is 5.84. The standard InChI is InChI=1S/C16H14ClNO2/c1-11(18-20-2)14-5-3-4-6-15(14)16(19)12-7-9-13(17)10-8-12/h3-10H,1-2H3/b18-11+. The van der Waals surface area contributed by atoms with E-state index in [0.717, 1.165) is 5.56 Å². The molecule has 2 aromatic carbocycles. The van der Waals surface area contributed by atoms with E-state index in [0.29, 0.717) is 21.9 Å². The van der Waals surface area contributed by atoms with Crippen LogP contribution in [-0.2, 0) is 4.84 Å². The van der Waals surface area contributed by atoms with Gasteiger partial charge in [-0.05, 0) is 31.2 Å². The summed E-state index contributed by atoms with van der Waals surface area (Å²) in [7, 11) is 1.48. The molecule has 0 saturated heterocycles. The molecule has 4 heteroatoms. The number of carbonyl (C=O) groups is 1. The maximum absolute atomic E-state index is 12.5. The smallest absolute Gasteiger partial charge is 0.193 e. The van der Waals surface area contributed by atoms with E-state index in [-0.39, 0.29) is 5.78 Å². The predicted molar refractivity (Wildman–Crippen MR) is 80.5 cm³/mol. The molecule has 2 rings (SSSR count). The van der Waals surface area contributed by atoms with Crippen LogP contribution in [0.15, 0.2) is 53.7 Å². The van der Waals surface area contributed by atoms with E-state index in [1.165, 1.54) is 7.11 Å². The van der Waals surface area contributed by atoms with Crippen molar-refractivity contribution in [2.75, 3.05) is 7.11 Å². The molecule has 0 unspecified atom stereocenters. The normalized spacial score (nSPS) is 11.2. The summed E-state index contributed by atoms with van der Waals surface area (Å²) in [5, 5.41) is 4.49. The fraction of sp³-hybridized carbons (Fsp3) is 0.125. The Morgan fingerprint density at radius 1 is 1.05 bits per heavy atom. The van der Waals surface area contributed by atoms with Crippen LogP contribution < -0.4 is 0 Å². The van der Waals surface area contributed by atoms with Gasteiger partial charge in [0.1, 0.15) is 7.11 Å². The van der Waals surface area contributed by atoms with E-state index in [2.05, 4.69) is 5.16 Å². The van der Waals surface area contributed by atoms with Crippen molar-refractivity contribution in [3.8, 4) is 0 Å². The Morgan fingerprint density at radius 3 is 2.25 bits per heavy atom. The van der Waals surface area contributed by atoms with Crippen molar-refractivity contribution in [1.82, 2.24) is 0 Å². The Morgan fingerprint density at radius 2 is 1.65 bits per heavy atom. The first-order chi connectivity index (χ1) is 9.63. The molecular formula is C16H14ClNO2. The van der Waals surface area contributed by atoms with Crippen molar-refractivity contribution in [2.45, 2.75) is 6.92 Å². The fourth-order valence-electron chi connectivity index (χ4n) is 1.94. The van der Waals surface area contributed by atoms with Gasteiger partial charge in [0.25, 0.3) is 0 Å². The van der Waals surface area contributed by atoms with Crippen molar-refractivity contribution in [3.05, 3.63) is 70.2 Å². The molecule has 0 radical (unpaired) electrons. The minimum Gasteiger partial charge on any atom is -0.399 e. The maximum atomic E-state index is 12.5. The van der Waals surface area contributed by atoms with Gasteiger partial charge in [-0.2, -0.15) is 0 Å². The number of oxime groups is 1. The lowest BCUT2D eigenvalue weighted by Gasteiger charge is -2.08. The van der Waals surface area contributed by atoms with Gasteiger partial charge in [0.05, 0.1) is 5.71 Å². The molecule has 0 fully saturated rings. The number of rotatable bonds is 4. The fourth-order valence-corrected chi connectivity index (χ4v) is 2.07. The highest BCUT2D eigenvalue weighted by Crippen LogP contribution is 2.17. The van der Waals surface area contributed by atoms with Crippen molar-refractivity contribution in [1.29, 1.82) is 0 Å². The summed E-state index contributed by atoms with van der Waals surface area (Å²) < 4.78 is 0. The van der Waals surface area contributed by atoms with E-state index in [1.54, 1.807) is 37.3 Å². The Hall–Kier alpha value is -2.13. The molecule has 0 heterocycles. The Bertz CT molecular complexity index is 648. The summed E-state index contributed by atoms with van der Waals surface area (Å²) in [6.07, 6.45) is 0. The Balaban J connectivity index is 2.45. The van der Waals surface area contributed by atoms with Crippen molar-refractivity contribution >= 4 is 23.1 Å². The molecule has 102 valence electrons. The Kier molecular flexibility index (Phi) is 4.53. The summed E-state index contributed by atoms with van der Waals surface area (Å²) in [4.78, 5) is 17.3. The third-order valence-electron chi connectivity index (χ3n) is 2.90. The zero-order chi connectivity index (χ0) is 14.5. The molecular weight excluding hydrogens is 274 g/mol. The van der Waals surface area contributed by atoms with Crippen LogP contribution >= 0.6 is 11.6 Å². The van der Waals surface area contributed by atoms with E-state index >= 15 is 0 Å². The quantitative estimate of drug-likeness (QED) is 0.485. The van der Waals surface area contributed by atoms with Crippen molar-refractivity contribution in [2.24, 2.45) is 5.16 Å². The van der Waals surface area contributed by atoms with Gasteiger partial charge in [-0.15, -0.1) is 0 Å². The van der Waals surface area contributed by atoms with Crippen LogP contribution in [0.1, 0.15) is 28.4 Å². The number of hydrogen-bond acceptors (Lipinski definition) is 3. The number of ketones is 1. The molecule has 20 heavy (non-hydrogen) atoms. The van der Waals surface area contributed by atoms with Crippen molar-refractivity contribution in [3.63, 3.8) is 0 Å². The molecule has 0 atom stereocenters. The lowest BCUT2D eigenvalue weighted by atomic mass is 9.96. The van der Waals surface area contributed by atoms with E-state index in [4.69, 9.17) is 16.4 Å². The van der Waals surface area contributed by atoms with Gasteiger partial charge in [-0.25, -0.2) is 0 Å². The van der Waals surface area contributed by atoms with Gasteiger partial charge in [-0.3, -0.25) is 4.79 Å². The topological polar surface area (TPSA) is 38.7 Å². The lowest BCUT2D eigenvalue weighted by Crippen LogP contribution is -2.08. The Labute approximate surface area is 122 Å². The molecule has 0 N–H and O–H groups in total. The van der Waals surface area contributed by atoms with Crippen LogP contribution in [0.2, 0.25) is 5.02 Å². The molecule has 0 amide bonds. The van der Waals surface area contributed by atoms with Gasteiger partial charge in [0.2, 0.25) is 0 Å². The highest BCUT2D eigenvalue weighted by atomic mass is 35.5. The largest absolute Gasteiger partial charge is 0.399 e. The summed E-state index contributed by atoms with van der Waals surface area (Å²) in [6.45, 7) is 1.80. The molecule has 0 spiro atoms. The minimum absolute atomic E-state index is 0.0667. The second-order valence-corrected chi connectivity index (χ2v) is 4.68. The van der Waals surface area contributed by atoms with Gasteiger partial charge >= 0.3 is 0 Å². The summed E-state index contributed by atoms with van der Waals surface area (Å²) in [5.41, 5.74) is 2.60. The zero-order valence-corrected chi connectivity index (χ0v) is 12.0. The minimum atomic E-state index is -0.0667. The zero-order valence-electron chi connectivity index (χ0n) is 11.3. The SMILES string of the molecule is CO/N=C(\C)c1ccccc1C(=O)c1ccc(Cl)cc1. The van der Waals surface area contributed by atoms with Crippen LogP contribution in [0.5, 0.6) is 0 Å². The third-order valence-corrected chi connectivity index (χ3v) is 3.15. The second kappa shape index (κ2) is 6.35. The highest BCUT2D eigenvalue weighted by Gasteiger charge is 2.15. The van der Waals surface area contributed by atoms with Crippen LogP contribution in [0.3, 0.4) is 0 Å². The van der Waals surface area contributed by atoms with Crippen LogP contribution in [0.4, 0.5) is 0 Å². The van der Waals surface area contributed by atoms with Crippen molar-refractivity contribution < 1.29 is 9.63 Å². The van der Waals surface area contributed by atoms with Crippen LogP contribution in [0.25, 0.3) is 0 Å². The molecule has 0 aromatic heterocycles. The van der Waals surface area contributed by atoms with E-state index in [9.17, 15) is 4.79 Å². The second-order valence-electron chi connectivity index (χ2n) is 4.24. The number of nitrogens with zero attached hydrogens (tertiary/aromatic N) is 1. The summed E-state index contributed by atoms with van der Waals surface area (Å²) in [5.74, 6) is -0.0667. The number of benzene rings is 2. The first-order valence-electron chi connectivity index (χ1n) is 6.11. The average molecular weight is 288 g/mol. The number of hydrogen-bond donors (Lipinski definition) is 0.